The molecule has 188 valence electrons. The van der Waals surface area contributed by atoms with Crippen LogP contribution in [-0.2, 0) is 17.7 Å². The second-order valence-corrected chi connectivity index (χ2v) is 19.1. The summed E-state index contributed by atoms with van der Waals surface area (Å²) >= 11 is 0. The van der Waals surface area contributed by atoms with Crippen molar-refractivity contribution in [2.45, 2.75) is 102 Å². The summed E-state index contributed by atoms with van der Waals surface area (Å²) in [5.74, 6) is -3.56. The van der Waals surface area contributed by atoms with Gasteiger partial charge in [0.25, 0.3) is 0 Å². The van der Waals surface area contributed by atoms with Crippen LogP contribution in [0.25, 0.3) is 0 Å². The topological polar surface area (TPSA) is 97.8 Å². The first-order valence-corrected chi connectivity index (χ1v) is 15.5. The first-order valence-electron chi connectivity index (χ1n) is 11.6. The smallest absolute Gasteiger partial charge is 0.351 e. The summed E-state index contributed by atoms with van der Waals surface area (Å²) < 4.78 is 58.2. The Morgan fingerprint density at radius 2 is 1.61 bits per heavy atom. The Morgan fingerprint density at radius 1 is 1.06 bits per heavy atom. The van der Waals surface area contributed by atoms with Crippen LogP contribution >= 0.6 is 0 Å². The first-order chi connectivity index (χ1) is 15.2. The summed E-state index contributed by atoms with van der Waals surface area (Å²) in [5, 5.41) is 0. The molecule has 0 aliphatic carbocycles. The minimum Gasteiger partial charge on any atom is -0.414 e. The fraction of sp³-hybridized carbons (Fsp3) is 0.810. The van der Waals surface area contributed by atoms with Gasteiger partial charge in [0.05, 0.1) is 6.61 Å². The lowest BCUT2D eigenvalue weighted by molar-refractivity contribution is -0.140. The molecule has 0 saturated carbocycles. The van der Waals surface area contributed by atoms with Crippen LogP contribution in [0.2, 0.25) is 22.2 Å². The lowest BCUT2D eigenvalue weighted by Crippen LogP contribution is -2.66. The van der Waals surface area contributed by atoms with Crippen LogP contribution in [0.4, 0.5) is 14.6 Å². The van der Waals surface area contributed by atoms with Crippen molar-refractivity contribution in [1.29, 1.82) is 0 Å². The summed E-state index contributed by atoms with van der Waals surface area (Å²) in [4.78, 5) is 15.9. The van der Waals surface area contributed by atoms with Gasteiger partial charge in [-0.05, 0) is 28.2 Å². The normalized spacial score (nSPS) is 28.8. The largest absolute Gasteiger partial charge is 0.414 e. The highest BCUT2D eigenvalue weighted by Gasteiger charge is 2.67. The van der Waals surface area contributed by atoms with Gasteiger partial charge in [-0.15, -0.1) is 0 Å². The van der Waals surface area contributed by atoms with Gasteiger partial charge < -0.3 is 23.4 Å². The van der Waals surface area contributed by atoms with Crippen LogP contribution in [-0.4, -0.2) is 51.4 Å². The fourth-order valence-corrected chi connectivity index (χ4v) is 16.2. The van der Waals surface area contributed by atoms with E-state index in [1.807, 2.05) is 27.7 Å². The molecule has 0 aromatic carbocycles. The maximum atomic E-state index is 15.9. The Bertz CT molecular complexity index is 896. The average molecular weight is 506 g/mol. The number of fused-ring (bicyclic) bond motifs is 1. The van der Waals surface area contributed by atoms with Gasteiger partial charge in [-0.25, -0.2) is 4.79 Å². The Morgan fingerprint density at radius 3 is 2.09 bits per heavy atom. The van der Waals surface area contributed by atoms with Gasteiger partial charge in [-0.2, -0.15) is 13.8 Å². The van der Waals surface area contributed by atoms with Crippen LogP contribution in [0.5, 0.6) is 0 Å². The quantitative estimate of drug-likeness (QED) is 0.595. The van der Waals surface area contributed by atoms with Gasteiger partial charge >= 0.3 is 28.7 Å². The predicted octanol–water partition coefficient (Wildman–Crippen LogP) is 4.31. The van der Waals surface area contributed by atoms with E-state index < -0.39 is 47.2 Å². The SMILES string of the molecule is CC(C)[Si]1(C(C)C)OCC2O[C@@H](n3ccc(N)nc3=O)C(F)(F)[C@@H]2O[Si](C(C)C)(C(C)C)O1. The number of aromatic nitrogens is 2. The number of nitrogens with zero attached hydrogens (tertiary/aromatic N) is 2. The molecule has 0 radical (unpaired) electrons. The average Bonchev–Trinajstić information content (AvgIpc) is 2.90. The zero-order valence-electron chi connectivity index (χ0n) is 20.7. The molecule has 1 aromatic heterocycles. The van der Waals surface area contributed by atoms with Crippen molar-refractivity contribution in [3.63, 3.8) is 0 Å². The van der Waals surface area contributed by atoms with Gasteiger partial charge in [0.2, 0.25) is 6.23 Å². The summed E-state index contributed by atoms with van der Waals surface area (Å²) in [6.07, 6.45) is -3.38. The van der Waals surface area contributed by atoms with Crippen molar-refractivity contribution in [2.24, 2.45) is 0 Å². The number of alkyl halides is 2. The van der Waals surface area contributed by atoms with Crippen LogP contribution in [0, 0.1) is 0 Å². The van der Waals surface area contributed by atoms with Crippen molar-refractivity contribution in [2.75, 3.05) is 12.3 Å². The van der Waals surface area contributed by atoms with Gasteiger partial charge in [-0.1, -0.05) is 55.4 Å². The number of ether oxygens (including phenoxy) is 1. The molecular weight excluding hydrogens is 468 g/mol. The van der Waals surface area contributed by atoms with E-state index in [2.05, 4.69) is 32.7 Å². The summed E-state index contributed by atoms with van der Waals surface area (Å²) in [6, 6.07) is 1.29. The van der Waals surface area contributed by atoms with Crippen LogP contribution in [0.3, 0.4) is 0 Å². The molecule has 2 fully saturated rings. The molecule has 2 aliphatic heterocycles. The van der Waals surface area contributed by atoms with E-state index in [1.165, 1.54) is 12.3 Å². The molecule has 8 nitrogen and oxygen atoms in total. The number of nitrogen functional groups attached to an aromatic ring is 1. The van der Waals surface area contributed by atoms with E-state index in [1.54, 1.807) is 0 Å². The Labute approximate surface area is 196 Å². The number of hydrogen-bond acceptors (Lipinski definition) is 7. The maximum absolute atomic E-state index is 15.9. The van der Waals surface area contributed by atoms with Crippen molar-refractivity contribution in [3.8, 4) is 0 Å². The highest BCUT2D eigenvalue weighted by Crippen LogP contribution is 2.52. The molecule has 33 heavy (non-hydrogen) atoms. The van der Waals surface area contributed by atoms with E-state index in [9.17, 15) is 4.79 Å². The molecule has 3 heterocycles. The third-order valence-corrected chi connectivity index (χ3v) is 17.0. The zero-order chi connectivity index (χ0) is 24.9. The van der Waals surface area contributed by atoms with E-state index in [0.29, 0.717) is 0 Å². The number of nitrogens with two attached hydrogens (primary N) is 1. The fourth-order valence-electron chi connectivity index (χ4n) is 4.98. The molecule has 2 N–H and O–H groups in total. The standard InChI is InChI=1S/C21H37F2N3O5Si2/c1-12(2)32(13(3)4)28-11-16-18(30-33(31-32,14(5)6)15(7)8)21(22,23)19(29-16)26-10-9-17(24)25-20(26)27/h9-10,12-16,18-19H,11H2,1-8H3,(H2,24,25,27)/t16?,18-,19-/m1/s1. The van der Waals surface area contributed by atoms with Crippen LogP contribution in [0.15, 0.2) is 17.1 Å². The minimum atomic E-state index is -3.52. The molecule has 2 saturated heterocycles. The van der Waals surface area contributed by atoms with Crippen LogP contribution < -0.4 is 11.4 Å². The van der Waals surface area contributed by atoms with Crippen LogP contribution in [0.1, 0.15) is 61.6 Å². The third kappa shape index (κ3) is 4.34. The highest BCUT2D eigenvalue weighted by atomic mass is 28.5. The summed E-state index contributed by atoms with van der Waals surface area (Å²) in [6.45, 7) is 16.0. The van der Waals surface area contributed by atoms with Gasteiger partial charge in [0, 0.05) is 6.20 Å². The molecule has 0 bridgehead atoms. The Kier molecular flexibility index (Phi) is 7.30. The lowest BCUT2D eigenvalue weighted by atomic mass is 10.1. The molecule has 0 amide bonds. The molecule has 0 spiro atoms. The maximum Gasteiger partial charge on any atom is 0.351 e. The molecule has 1 unspecified atom stereocenters. The molecular formula is C21H37F2N3O5Si2. The second-order valence-electron chi connectivity index (χ2n) is 10.3. The van der Waals surface area contributed by atoms with Crippen molar-refractivity contribution in [1.82, 2.24) is 9.55 Å². The molecule has 2 aliphatic rings. The number of rotatable bonds is 5. The molecule has 12 heteroatoms. The van der Waals surface area contributed by atoms with E-state index in [-0.39, 0.29) is 34.6 Å². The summed E-state index contributed by atoms with van der Waals surface area (Å²) in [7, 11) is -6.15. The first kappa shape index (κ1) is 26.4. The van der Waals surface area contributed by atoms with Crippen molar-refractivity contribution >= 4 is 22.9 Å². The second kappa shape index (κ2) is 9.12. The van der Waals surface area contributed by atoms with E-state index in [4.69, 9.17) is 23.4 Å². The molecule has 3 rings (SSSR count). The molecule has 1 aromatic rings. The lowest BCUT2D eigenvalue weighted by Gasteiger charge is -2.51. The van der Waals surface area contributed by atoms with Gasteiger partial charge in [-0.3, -0.25) is 4.57 Å². The number of hydrogen-bond donors (Lipinski definition) is 1. The third-order valence-electron chi connectivity index (χ3n) is 6.78. The monoisotopic (exact) mass is 505 g/mol. The summed E-state index contributed by atoms with van der Waals surface area (Å²) in [5.41, 5.74) is 4.55. The number of halogens is 2. The minimum absolute atomic E-state index is 0.0488. The van der Waals surface area contributed by atoms with Crippen molar-refractivity contribution < 1.29 is 26.5 Å². The highest BCUT2D eigenvalue weighted by molar-refractivity contribution is 6.84. The van der Waals surface area contributed by atoms with E-state index >= 15 is 8.78 Å². The zero-order valence-corrected chi connectivity index (χ0v) is 22.7. The van der Waals surface area contributed by atoms with Gasteiger partial charge in [0.15, 0.2) is 0 Å². The van der Waals surface area contributed by atoms with Crippen molar-refractivity contribution in [3.05, 3.63) is 22.7 Å². The Balaban J connectivity index is 2.13. The van der Waals surface area contributed by atoms with E-state index in [0.717, 1.165) is 4.57 Å². The van der Waals surface area contributed by atoms with Gasteiger partial charge in [0.1, 0.15) is 18.0 Å². The Hall–Kier alpha value is -1.19. The predicted molar refractivity (Wildman–Crippen MR) is 126 cm³/mol. The molecule has 3 atom stereocenters. The number of anilines is 1.